The van der Waals surface area contributed by atoms with Gasteiger partial charge < -0.3 is 27.0 Å². The highest BCUT2D eigenvalue weighted by Gasteiger charge is 2.24. The molecule has 1 rings (SSSR count). The van der Waals surface area contributed by atoms with Crippen LogP contribution < -0.4 is 16.8 Å². The Balaban J connectivity index is 2.62. The number of primary amides is 1. The molecule has 0 aliphatic rings. The Kier molecular flexibility index (Phi) is 5.67. The molecule has 8 heteroatoms. The molecule has 2 amide bonds. The van der Waals surface area contributed by atoms with Gasteiger partial charge in [0.2, 0.25) is 11.8 Å². The summed E-state index contributed by atoms with van der Waals surface area (Å²) in [5.74, 6) is -2.81. The van der Waals surface area contributed by atoms with E-state index < -0.39 is 36.3 Å². The fourth-order valence-corrected chi connectivity index (χ4v) is 1.66. The molecule has 0 bridgehead atoms. The molecule has 1 aromatic carbocycles. The van der Waals surface area contributed by atoms with Crippen LogP contribution in [-0.4, -0.2) is 40.1 Å². The number of aliphatic carboxylic acids is 1. The quantitative estimate of drug-likeness (QED) is 0.421. The summed E-state index contributed by atoms with van der Waals surface area (Å²) in [6.07, 6.45) is -0.345. The second-order valence-corrected chi connectivity index (χ2v) is 4.55. The molecular formula is C13H17N3O5. The van der Waals surface area contributed by atoms with Crippen LogP contribution in [0.25, 0.3) is 0 Å². The van der Waals surface area contributed by atoms with Crippen molar-refractivity contribution in [3.05, 3.63) is 29.8 Å². The van der Waals surface area contributed by atoms with Crippen LogP contribution in [0.3, 0.4) is 0 Å². The smallest absolute Gasteiger partial charge is 0.326 e. The zero-order chi connectivity index (χ0) is 16.0. The molecule has 0 fully saturated rings. The van der Waals surface area contributed by atoms with Crippen molar-refractivity contribution < 1.29 is 24.6 Å². The number of carboxylic acid groups (broad SMARTS) is 1. The van der Waals surface area contributed by atoms with Gasteiger partial charge in [0.1, 0.15) is 11.8 Å². The van der Waals surface area contributed by atoms with Gasteiger partial charge in [-0.1, -0.05) is 12.1 Å². The molecule has 0 aliphatic heterocycles. The number of nitrogens with two attached hydrogens (primary N) is 2. The first kappa shape index (κ1) is 16.4. The number of rotatable bonds is 7. The maximum Gasteiger partial charge on any atom is 0.326 e. The van der Waals surface area contributed by atoms with Gasteiger partial charge in [-0.25, -0.2) is 4.79 Å². The molecular weight excluding hydrogens is 278 g/mol. The summed E-state index contributed by atoms with van der Waals surface area (Å²) < 4.78 is 0. The standard InChI is InChI=1S/C13H17N3O5/c14-9(5-7-1-3-8(17)4-2-7)12(19)16-10(13(20)21)6-11(15)18/h1-4,9-10,17H,5-6,14H2,(H2,15,18)(H,16,19)(H,20,21)/t9-,10+/m0/s1. The number of carboxylic acids is 1. The Morgan fingerprint density at radius 2 is 1.76 bits per heavy atom. The van der Waals surface area contributed by atoms with Crippen LogP contribution in [0.4, 0.5) is 0 Å². The van der Waals surface area contributed by atoms with Gasteiger partial charge in [-0.15, -0.1) is 0 Å². The predicted molar refractivity (Wildman–Crippen MR) is 73.2 cm³/mol. The minimum Gasteiger partial charge on any atom is -0.508 e. The van der Waals surface area contributed by atoms with Crippen LogP contribution in [0, 0.1) is 0 Å². The highest BCUT2D eigenvalue weighted by atomic mass is 16.4. The fourth-order valence-electron chi connectivity index (χ4n) is 1.66. The number of carbonyl (C=O) groups excluding carboxylic acids is 2. The van der Waals surface area contributed by atoms with E-state index in [4.69, 9.17) is 21.7 Å². The lowest BCUT2D eigenvalue weighted by molar-refractivity contribution is -0.143. The van der Waals surface area contributed by atoms with E-state index in [0.717, 1.165) is 0 Å². The Morgan fingerprint density at radius 3 is 2.24 bits per heavy atom. The highest BCUT2D eigenvalue weighted by molar-refractivity contribution is 5.90. The number of phenols is 1. The zero-order valence-electron chi connectivity index (χ0n) is 11.2. The van der Waals surface area contributed by atoms with Crippen molar-refractivity contribution in [2.24, 2.45) is 11.5 Å². The number of benzene rings is 1. The lowest BCUT2D eigenvalue weighted by Gasteiger charge is -2.16. The maximum absolute atomic E-state index is 11.8. The number of hydrogen-bond acceptors (Lipinski definition) is 5. The van der Waals surface area contributed by atoms with E-state index in [0.29, 0.717) is 5.56 Å². The van der Waals surface area contributed by atoms with Crippen molar-refractivity contribution in [2.45, 2.75) is 24.9 Å². The lowest BCUT2D eigenvalue weighted by Crippen LogP contribution is -2.50. The summed E-state index contributed by atoms with van der Waals surface area (Å²) in [4.78, 5) is 33.4. The number of nitrogens with one attached hydrogen (secondary N) is 1. The Bertz CT molecular complexity index is 529. The molecule has 0 aromatic heterocycles. The van der Waals surface area contributed by atoms with Crippen molar-refractivity contribution in [3.63, 3.8) is 0 Å². The van der Waals surface area contributed by atoms with Crippen LogP contribution in [0.5, 0.6) is 5.75 Å². The van der Waals surface area contributed by atoms with E-state index in [1.165, 1.54) is 12.1 Å². The summed E-state index contributed by atoms with van der Waals surface area (Å²) in [6.45, 7) is 0. The van der Waals surface area contributed by atoms with Gasteiger partial charge in [-0.2, -0.15) is 0 Å². The molecule has 0 aliphatic carbocycles. The second kappa shape index (κ2) is 7.25. The molecule has 2 atom stereocenters. The Labute approximate surface area is 120 Å². The van der Waals surface area contributed by atoms with Gasteiger partial charge in [-0.05, 0) is 24.1 Å². The van der Waals surface area contributed by atoms with E-state index in [1.54, 1.807) is 12.1 Å². The summed E-state index contributed by atoms with van der Waals surface area (Å²) >= 11 is 0. The highest BCUT2D eigenvalue weighted by Crippen LogP contribution is 2.11. The van der Waals surface area contributed by atoms with Crippen molar-refractivity contribution in [1.29, 1.82) is 0 Å². The number of aromatic hydroxyl groups is 1. The first-order valence-corrected chi connectivity index (χ1v) is 6.14. The SMILES string of the molecule is NC(=O)C[C@@H](NC(=O)[C@@H](N)Cc1ccc(O)cc1)C(=O)O. The van der Waals surface area contributed by atoms with Gasteiger partial charge in [0.15, 0.2) is 0 Å². The molecule has 8 nitrogen and oxygen atoms in total. The average Bonchev–Trinajstić information content (AvgIpc) is 2.39. The molecule has 1 aromatic rings. The number of carbonyl (C=O) groups is 3. The van der Waals surface area contributed by atoms with E-state index in [1.807, 2.05) is 0 Å². The molecule has 21 heavy (non-hydrogen) atoms. The minimum atomic E-state index is -1.40. The minimum absolute atomic E-state index is 0.0872. The van der Waals surface area contributed by atoms with Crippen molar-refractivity contribution in [1.82, 2.24) is 5.32 Å². The summed E-state index contributed by atoms with van der Waals surface area (Å²) in [6, 6.07) is 3.71. The molecule has 0 saturated carbocycles. The van der Waals surface area contributed by atoms with Crippen LogP contribution >= 0.6 is 0 Å². The number of hydrogen-bond donors (Lipinski definition) is 5. The Morgan fingerprint density at radius 1 is 1.19 bits per heavy atom. The monoisotopic (exact) mass is 295 g/mol. The van der Waals surface area contributed by atoms with Gasteiger partial charge in [0, 0.05) is 0 Å². The van der Waals surface area contributed by atoms with Gasteiger partial charge in [0.25, 0.3) is 0 Å². The van der Waals surface area contributed by atoms with Gasteiger partial charge in [-0.3, -0.25) is 9.59 Å². The second-order valence-electron chi connectivity index (χ2n) is 4.55. The summed E-state index contributed by atoms with van der Waals surface area (Å²) in [5, 5.41) is 20.2. The van der Waals surface area contributed by atoms with Crippen molar-refractivity contribution >= 4 is 17.8 Å². The normalized spacial score (nSPS) is 13.2. The van der Waals surface area contributed by atoms with Crippen LogP contribution in [0.2, 0.25) is 0 Å². The molecule has 0 radical (unpaired) electrons. The topological polar surface area (TPSA) is 156 Å². The fraction of sp³-hybridized carbons (Fsp3) is 0.308. The third-order valence-corrected chi connectivity index (χ3v) is 2.75. The van der Waals surface area contributed by atoms with Crippen molar-refractivity contribution in [3.8, 4) is 5.75 Å². The average molecular weight is 295 g/mol. The van der Waals surface area contributed by atoms with Crippen LogP contribution in [0.1, 0.15) is 12.0 Å². The molecule has 0 spiro atoms. The van der Waals surface area contributed by atoms with Crippen LogP contribution in [-0.2, 0) is 20.8 Å². The summed E-state index contributed by atoms with van der Waals surface area (Å²) in [5.41, 5.74) is 11.3. The molecule has 0 heterocycles. The molecule has 0 saturated heterocycles. The van der Waals surface area contributed by atoms with E-state index in [2.05, 4.69) is 5.32 Å². The molecule has 7 N–H and O–H groups in total. The predicted octanol–water partition coefficient (Wildman–Crippen LogP) is -1.29. The zero-order valence-corrected chi connectivity index (χ0v) is 11.2. The third-order valence-electron chi connectivity index (χ3n) is 2.75. The number of phenolic OH excluding ortho intramolecular Hbond substituents is 1. The first-order valence-electron chi connectivity index (χ1n) is 6.14. The van der Waals surface area contributed by atoms with Crippen molar-refractivity contribution in [2.75, 3.05) is 0 Å². The van der Waals surface area contributed by atoms with E-state index >= 15 is 0 Å². The van der Waals surface area contributed by atoms with Gasteiger partial charge >= 0.3 is 5.97 Å². The van der Waals surface area contributed by atoms with Crippen LogP contribution in [0.15, 0.2) is 24.3 Å². The Hall–Kier alpha value is -2.61. The van der Waals surface area contributed by atoms with E-state index in [9.17, 15) is 14.4 Å². The molecule has 0 unspecified atom stereocenters. The number of amides is 2. The lowest BCUT2D eigenvalue weighted by atomic mass is 10.1. The van der Waals surface area contributed by atoms with E-state index in [-0.39, 0.29) is 12.2 Å². The molecule has 114 valence electrons. The first-order chi connectivity index (χ1) is 9.79. The largest absolute Gasteiger partial charge is 0.508 e. The third kappa shape index (κ3) is 5.49. The van der Waals surface area contributed by atoms with Gasteiger partial charge in [0.05, 0.1) is 12.5 Å². The summed E-state index contributed by atoms with van der Waals surface area (Å²) in [7, 11) is 0. The maximum atomic E-state index is 11.8.